The van der Waals surface area contributed by atoms with Crippen LogP contribution in [0.3, 0.4) is 0 Å². The lowest BCUT2D eigenvalue weighted by molar-refractivity contribution is -0.981. The van der Waals surface area contributed by atoms with E-state index < -0.39 is 0 Å². The summed E-state index contributed by atoms with van der Waals surface area (Å²) in [6, 6.07) is 0. The number of hydrogen-bond donors (Lipinski definition) is 0. The van der Waals surface area contributed by atoms with Crippen molar-refractivity contribution in [2.45, 2.75) is 119 Å². The molecule has 0 aromatic heterocycles. The van der Waals surface area contributed by atoms with Crippen molar-refractivity contribution < 1.29 is 8.97 Å². The molecule has 0 bridgehead atoms. The Morgan fingerprint density at radius 3 is 0.607 bits per heavy atom. The van der Waals surface area contributed by atoms with Gasteiger partial charge in [0.15, 0.2) is 0 Å². The van der Waals surface area contributed by atoms with E-state index in [0.29, 0.717) is 0 Å². The Hall–Kier alpha value is -0.0800. The molecule has 0 fully saturated rings. The number of hydrogen-bond acceptors (Lipinski definition) is 0. The minimum absolute atomic E-state index is 1.35. The normalized spacial score (nSPS) is 12.6. The van der Waals surface area contributed by atoms with E-state index in [1.54, 1.807) is 0 Å². The van der Waals surface area contributed by atoms with Crippen LogP contribution in [0.15, 0.2) is 0 Å². The molecule has 2 heteroatoms. The second kappa shape index (κ2) is 17.8. The molecule has 0 aliphatic heterocycles. The van der Waals surface area contributed by atoms with Crippen LogP contribution in [0.4, 0.5) is 0 Å². The predicted octanol–water partition coefficient (Wildman–Crippen LogP) is 7.42. The maximum absolute atomic E-state index is 2.37. The molecular weight excluding hydrogens is 340 g/mol. The number of unbranched alkanes of at least 4 members (excludes halogenated alkanes) is 6. The highest BCUT2D eigenvalue weighted by Crippen LogP contribution is 2.20. The molecule has 0 saturated carbocycles. The Morgan fingerprint density at radius 1 is 0.286 bits per heavy atom. The summed E-state index contributed by atoms with van der Waals surface area (Å²) in [7, 11) is 0. The molecule has 0 aliphatic carbocycles. The van der Waals surface area contributed by atoms with Crippen molar-refractivity contribution in [3.05, 3.63) is 0 Å². The molecule has 0 heterocycles. The highest BCUT2D eigenvalue weighted by Gasteiger charge is 2.33. The number of quaternary nitrogens is 2. The van der Waals surface area contributed by atoms with Crippen LogP contribution >= 0.6 is 0 Å². The third-order valence-electron chi connectivity index (χ3n) is 6.96. The van der Waals surface area contributed by atoms with Gasteiger partial charge >= 0.3 is 0 Å². The lowest BCUT2D eigenvalue weighted by atomic mass is 10.1. The van der Waals surface area contributed by atoms with Gasteiger partial charge < -0.3 is 8.97 Å². The topological polar surface area (TPSA) is 0 Å². The van der Waals surface area contributed by atoms with Crippen molar-refractivity contribution in [3.8, 4) is 0 Å². The van der Waals surface area contributed by atoms with Gasteiger partial charge in [0.1, 0.15) is 13.1 Å². The van der Waals surface area contributed by atoms with Crippen molar-refractivity contribution in [1.82, 2.24) is 0 Å². The van der Waals surface area contributed by atoms with E-state index in [1.807, 2.05) is 0 Å². The van der Waals surface area contributed by atoms with Gasteiger partial charge in [-0.05, 0) is 38.5 Å². The Morgan fingerprint density at radius 2 is 0.464 bits per heavy atom. The van der Waals surface area contributed by atoms with Gasteiger partial charge in [0.2, 0.25) is 0 Å². The first-order valence-electron chi connectivity index (χ1n) is 13.3. The summed E-state index contributed by atoms with van der Waals surface area (Å²) in [4.78, 5) is 0. The third-order valence-corrected chi connectivity index (χ3v) is 6.96. The van der Waals surface area contributed by atoms with E-state index in [0.717, 1.165) is 0 Å². The van der Waals surface area contributed by atoms with Crippen molar-refractivity contribution in [3.63, 3.8) is 0 Å². The fraction of sp³-hybridized carbons (Fsp3) is 1.00. The molecule has 0 rings (SSSR count). The van der Waals surface area contributed by atoms with Gasteiger partial charge in [0.25, 0.3) is 0 Å². The van der Waals surface area contributed by atoms with E-state index in [-0.39, 0.29) is 0 Å². The highest BCUT2D eigenvalue weighted by atomic mass is 15.4. The zero-order valence-electron chi connectivity index (χ0n) is 21.0. The van der Waals surface area contributed by atoms with E-state index in [9.17, 15) is 0 Å². The van der Waals surface area contributed by atoms with Gasteiger partial charge in [0.05, 0.1) is 39.3 Å². The Balaban J connectivity index is 5.42. The monoisotopic (exact) mass is 398 g/mol. The van der Waals surface area contributed by atoms with Crippen LogP contribution in [0.2, 0.25) is 0 Å². The molecule has 170 valence electrons. The molecule has 0 aromatic carbocycles. The second-order valence-electron chi connectivity index (χ2n) is 9.59. The van der Waals surface area contributed by atoms with Crippen LogP contribution in [-0.2, 0) is 0 Å². The molecule has 0 unspecified atom stereocenters. The summed E-state index contributed by atoms with van der Waals surface area (Å²) in [5.41, 5.74) is 0. The van der Waals surface area contributed by atoms with E-state index in [1.165, 1.54) is 138 Å². The van der Waals surface area contributed by atoms with Crippen LogP contribution in [0.5, 0.6) is 0 Å². The Labute approximate surface area is 180 Å². The van der Waals surface area contributed by atoms with E-state index in [4.69, 9.17) is 0 Å². The third kappa shape index (κ3) is 11.8. The summed E-state index contributed by atoms with van der Waals surface area (Å²) in [5.74, 6) is 0. The Kier molecular flexibility index (Phi) is 17.7. The number of rotatable bonds is 21. The van der Waals surface area contributed by atoms with Crippen LogP contribution in [0.25, 0.3) is 0 Å². The highest BCUT2D eigenvalue weighted by molar-refractivity contribution is 4.53. The molecule has 0 N–H and O–H groups in total. The summed E-state index contributed by atoms with van der Waals surface area (Å²) in [6.07, 6.45) is 16.5. The average Bonchev–Trinajstić information content (AvgIpc) is 2.73. The van der Waals surface area contributed by atoms with Crippen LogP contribution < -0.4 is 0 Å². The molecule has 0 aliphatic rings. The van der Waals surface area contributed by atoms with Crippen molar-refractivity contribution in [2.75, 3.05) is 52.4 Å². The fourth-order valence-corrected chi connectivity index (χ4v) is 4.73. The predicted molar refractivity (Wildman–Crippen MR) is 129 cm³/mol. The minimum Gasteiger partial charge on any atom is -0.319 e. The van der Waals surface area contributed by atoms with Crippen LogP contribution in [0.1, 0.15) is 119 Å². The maximum atomic E-state index is 2.37. The van der Waals surface area contributed by atoms with E-state index >= 15 is 0 Å². The average molecular weight is 399 g/mol. The first-order chi connectivity index (χ1) is 13.6. The summed E-state index contributed by atoms with van der Waals surface area (Å²) < 4.78 is 2.83. The van der Waals surface area contributed by atoms with Crippen molar-refractivity contribution in [1.29, 1.82) is 0 Å². The second-order valence-corrected chi connectivity index (χ2v) is 9.59. The first kappa shape index (κ1) is 27.9. The van der Waals surface area contributed by atoms with Gasteiger partial charge in [-0.25, -0.2) is 0 Å². The standard InChI is InChI=1S/C26H58N2/c1-7-13-19-27(20-14-8-2,21-15-9-3)25-26-28(22-16-10-4,23-17-11-5)24-18-12-6/h7-26H2,1-6H3/q+2. The molecular formula is C26H58N2+2. The molecule has 0 atom stereocenters. The molecule has 0 amide bonds. The van der Waals surface area contributed by atoms with Gasteiger partial charge in [-0.2, -0.15) is 0 Å². The van der Waals surface area contributed by atoms with Gasteiger partial charge in [-0.1, -0.05) is 80.1 Å². The maximum Gasteiger partial charge on any atom is 0.128 e. The first-order valence-corrected chi connectivity index (χ1v) is 13.3. The molecule has 0 spiro atoms. The van der Waals surface area contributed by atoms with Gasteiger partial charge in [-0.15, -0.1) is 0 Å². The SMILES string of the molecule is CCCC[N+](CCCC)(CCCC)CC[N+](CCCC)(CCCC)CCCC. The molecule has 2 nitrogen and oxygen atoms in total. The summed E-state index contributed by atoms with van der Waals surface area (Å²) in [6.45, 7) is 25.6. The largest absolute Gasteiger partial charge is 0.319 e. The zero-order valence-corrected chi connectivity index (χ0v) is 21.0. The molecule has 0 radical (unpaired) electrons. The number of nitrogens with zero attached hydrogens (tertiary/aromatic N) is 2. The quantitative estimate of drug-likeness (QED) is 0.176. The van der Waals surface area contributed by atoms with Crippen molar-refractivity contribution in [2.24, 2.45) is 0 Å². The zero-order chi connectivity index (χ0) is 21.1. The Bertz CT molecular complexity index is 251. The molecule has 0 saturated heterocycles. The lowest BCUT2D eigenvalue weighted by Gasteiger charge is -2.45. The minimum atomic E-state index is 1.35. The van der Waals surface area contributed by atoms with Gasteiger partial charge in [0, 0.05) is 0 Å². The summed E-state index contributed by atoms with van der Waals surface area (Å²) >= 11 is 0. The molecule has 0 aromatic rings. The van der Waals surface area contributed by atoms with E-state index in [2.05, 4.69) is 41.5 Å². The fourth-order valence-electron chi connectivity index (χ4n) is 4.73. The van der Waals surface area contributed by atoms with Crippen LogP contribution in [-0.4, -0.2) is 61.3 Å². The smallest absolute Gasteiger partial charge is 0.128 e. The molecule has 28 heavy (non-hydrogen) atoms. The van der Waals surface area contributed by atoms with Gasteiger partial charge in [-0.3, -0.25) is 0 Å². The lowest BCUT2D eigenvalue weighted by Crippen LogP contribution is -2.59. The summed E-state index contributed by atoms with van der Waals surface area (Å²) in [5, 5.41) is 0. The van der Waals surface area contributed by atoms with Crippen molar-refractivity contribution >= 4 is 0 Å². The van der Waals surface area contributed by atoms with Crippen LogP contribution in [0, 0.1) is 0 Å².